The van der Waals surface area contributed by atoms with E-state index in [9.17, 15) is 4.79 Å². The summed E-state index contributed by atoms with van der Waals surface area (Å²) in [7, 11) is 0. The van der Waals surface area contributed by atoms with Crippen molar-refractivity contribution < 1.29 is 4.79 Å². The molecule has 2 N–H and O–H groups in total. The summed E-state index contributed by atoms with van der Waals surface area (Å²) in [5, 5.41) is 0. The molecule has 0 unspecified atom stereocenters. The van der Waals surface area contributed by atoms with E-state index in [1.54, 1.807) is 0 Å². The van der Waals surface area contributed by atoms with E-state index in [2.05, 4.69) is 0 Å². The lowest BCUT2D eigenvalue weighted by Gasteiger charge is -2.19. The van der Waals surface area contributed by atoms with Crippen LogP contribution in [0.3, 0.4) is 0 Å². The number of nitrogens with two attached hydrogens (primary N) is 1. The van der Waals surface area contributed by atoms with E-state index in [1.807, 2.05) is 4.90 Å². The van der Waals surface area contributed by atoms with Crippen LogP contribution in [0.15, 0.2) is 0 Å². The fraction of sp³-hybridized carbons (Fsp3) is 0.875. The molecule has 0 bridgehead atoms. The second-order valence-electron chi connectivity index (χ2n) is 3.78. The van der Waals surface area contributed by atoms with E-state index in [0.717, 1.165) is 38.8 Å². The van der Waals surface area contributed by atoms with Crippen LogP contribution in [0.1, 0.15) is 25.7 Å². The van der Waals surface area contributed by atoms with Crippen molar-refractivity contribution in [1.29, 1.82) is 0 Å². The second kappa shape index (κ2) is 2.21. The summed E-state index contributed by atoms with van der Waals surface area (Å²) < 4.78 is 0. The van der Waals surface area contributed by atoms with Gasteiger partial charge in [-0.05, 0) is 19.3 Å². The molecule has 0 spiro atoms. The van der Waals surface area contributed by atoms with Crippen LogP contribution >= 0.6 is 0 Å². The third kappa shape index (κ3) is 1.38. The zero-order valence-electron chi connectivity index (χ0n) is 6.68. The van der Waals surface area contributed by atoms with Gasteiger partial charge in [-0.2, -0.15) is 0 Å². The Morgan fingerprint density at radius 3 is 2.73 bits per heavy atom. The Bertz CT molecular complexity index is 187. The average molecular weight is 154 g/mol. The smallest absolute Gasteiger partial charge is 0.222 e. The first-order valence-corrected chi connectivity index (χ1v) is 4.26. The Morgan fingerprint density at radius 1 is 1.55 bits per heavy atom. The van der Waals surface area contributed by atoms with Crippen LogP contribution in [0.4, 0.5) is 0 Å². The first kappa shape index (κ1) is 7.10. The molecule has 2 fully saturated rings. The van der Waals surface area contributed by atoms with E-state index < -0.39 is 0 Å². The molecule has 0 aromatic carbocycles. The summed E-state index contributed by atoms with van der Waals surface area (Å²) in [6.45, 7) is 1.73. The lowest BCUT2D eigenvalue weighted by molar-refractivity contribution is -0.128. The molecule has 1 aliphatic heterocycles. The van der Waals surface area contributed by atoms with Crippen LogP contribution in [0.5, 0.6) is 0 Å². The van der Waals surface area contributed by atoms with Crippen LogP contribution < -0.4 is 5.73 Å². The van der Waals surface area contributed by atoms with Gasteiger partial charge in [-0.1, -0.05) is 0 Å². The largest absolute Gasteiger partial charge is 0.341 e. The maximum absolute atomic E-state index is 11.2. The Kier molecular flexibility index (Phi) is 1.42. The van der Waals surface area contributed by atoms with Gasteiger partial charge in [-0.3, -0.25) is 4.79 Å². The number of nitrogens with zero attached hydrogens (tertiary/aromatic N) is 1. The minimum atomic E-state index is 0. The summed E-state index contributed by atoms with van der Waals surface area (Å²) in [4.78, 5) is 13.1. The monoisotopic (exact) mass is 154 g/mol. The maximum atomic E-state index is 11.2. The number of amides is 1. The molecule has 3 heteroatoms. The molecule has 0 aromatic heterocycles. The Balaban J connectivity index is 1.90. The summed E-state index contributed by atoms with van der Waals surface area (Å²) in [5.41, 5.74) is 5.89. The van der Waals surface area contributed by atoms with E-state index in [1.165, 1.54) is 0 Å². The molecular weight excluding hydrogens is 140 g/mol. The van der Waals surface area contributed by atoms with Gasteiger partial charge in [0.15, 0.2) is 0 Å². The second-order valence-corrected chi connectivity index (χ2v) is 3.78. The predicted molar refractivity (Wildman–Crippen MR) is 42.0 cm³/mol. The molecular formula is C8H14N2O. The maximum Gasteiger partial charge on any atom is 0.222 e. The molecule has 1 heterocycles. The van der Waals surface area contributed by atoms with Crippen LogP contribution in [0, 0.1) is 0 Å². The summed E-state index contributed by atoms with van der Waals surface area (Å²) in [6.07, 6.45) is 3.94. The normalized spacial score (nSPS) is 27.7. The number of likely N-dealkylation sites (tertiary alicyclic amines) is 1. The van der Waals surface area contributed by atoms with E-state index in [0.29, 0.717) is 5.91 Å². The van der Waals surface area contributed by atoms with Crippen molar-refractivity contribution in [2.75, 3.05) is 13.1 Å². The van der Waals surface area contributed by atoms with Gasteiger partial charge < -0.3 is 10.6 Å². The molecule has 0 aromatic rings. The minimum Gasteiger partial charge on any atom is -0.341 e. The molecule has 11 heavy (non-hydrogen) atoms. The van der Waals surface area contributed by atoms with Crippen LogP contribution in [-0.2, 0) is 4.79 Å². The summed E-state index contributed by atoms with van der Waals surface area (Å²) in [5.74, 6) is 0.293. The lowest BCUT2D eigenvalue weighted by atomic mass is 10.3. The molecule has 62 valence electrons. The van der Waals surface area contributed by atoms with Crippen molar-refractivity contribution in [2.24, 2.45) is 5.73 Å². The van der Waals surface area contributed by atoms with E-state index >= 15 is 0 Å². The van der Waals surface area contributed by atoms with Crippen LogP contribution in [0.2, 0.25) is 0 Å². The first-order chi connectivity index (χ1) is 5.20. The Hall–Kier alpha value is -0.570. The molecule has 1 saturated carbocycles. The summed E-state index contributed by atoms with van der Waals surface area (Å²) >= 11 is 0. The highest BCUT2D eigenvalue weighted by molar-refractivity contribution is 5.78. The fourth-order valence-electron chi connectivity index (χ4n) is 1.57. The van der Waals surface area contributed by atoms with Crippen molar-refractivity contribution in [3.05, 3.63) is 0 Å². The van der Waals surface area contributed by atoms with Gasteiger partial charge in [0.05, 0.1) is 0 Å². The number of carbonyl (C=O) groups excluding carboxylic acids is 1. The molecule has 0 radical (unpaired) electrons. The number of hydrogen-bond donors (Lipinski definition) is 1. The van der Waals surface area contributed by atoms with Gasteiger partial charge in [0.2, 0.25) is 5.91 Å². The molecule has 0 atom stereocenters. The van der Waals surface area contributed by atoms with E-state index in [-0.39, 0.29) is 5.54 Å². The van der Waals surface area contributed by atoms with E-state index in [4.69, 9.17) is 5.73 Å². The Labute approximate surface area is 66.5 Å². The average Bonchev–Trinajstić information content (AvgIpc) is 2.54. The van der Waals surface area contributed by atoms with Gasteiger partial charge >= 0.3 is 0 Å². The molecule has 2 aliphatic rings. The van der Waals surface area contributed by atoms with Crippen LogP contribution in [-0.4, -0.2) is 29.4 Å². The van der Waals surface area contributed by atoms with Gasteiger partial charge in [0.25, 0.3) is 0 Å². The quantitative estimate of drug-likeness (QED) is 0.613. The zero-order chi connectivity index (χ0) is 7.90. The van der Waals surface area contributed by atoms with Gasteiger partial charge in [-0.15, -0.1) is 0 Å². The minimum absolute atomic E-state index is 0. The Morgan fingerprint density at radius 2 is 2.27 bits per heavy atom. The predicted octanol–water partition coefficient (Wildman–Crippen LogP) is 0.100. The van der Waals surface area contributed by atoms with Crippen LogP contribution in [0.25, 0.3) is 0 Å². The summed E-state index contributed by atoms with van der Waals surface area (Å²) in [6, 6.07) is 0. The third-order valence-corrected chi connectivity index (χ3v) is 2.57. The SMILES string of the molecule is NC1(CN2CCCC2=O)CC1. The van der Waals surface area contributed by atoms with Gasteiger partial charge in [0.1, 0.15) is 0 Å². The fourth-order valence-corrected chi connectivity index (χ4v) is 1.57. The van der Waals surface area contributed by atoms with Gasteiger partial charge in [-0.25, -0.2) is 0 Å². The lowest BCUT2D eigenvalue weighted by Crippen LogP contribution is -2.39. The zero-order valence-corrected chi connectivity index (χ0v) is 6.68. The van der Waals surface area contributed by atoms with Crippen molar-refractivity contribution in [3.63, 3.8) is 0 Å². The van der Waals surface area contributed by atoms with Gasteiger partial charge in [0, 0.05) is 25.0 Å². The highest BCUT2D eigenvalue weighted by atomic mass is 16.2. The topological polar surface area (TPSA) is 46.3 Å². The highest BCUT2D eigenvalue weighted by Gasteiger charge is 2.41. The molecule has 1 aliphatic carbocycles. The molecule has 2 rings (SSSR count). The molecule has 3 nitrogen and oxygen atoms in total. The number of carbonyl (C=O) groups is 1. The number of rotatable bonds is 2. The molecule has 1 saturated heterocycles. The standard InChI is InChI=1S/C8H14N2O/c9-8(3-4-8)6-10-5-1-2-7(10)11/h1-6,9H2. The van der Waals surface area contributed by atoms with Crippen molar-refractivity contribution in [1.82, 2.24) is 4.90 Å². The third-order valence-electron chi connectivity index (χ3n) is 2.57. The van der Waals surface area contributed by atoms with Crippen molar-refractivity contribution >= 4 is 5.91 Å². The number of hydrogen-bond acceptors (Lipinski definition) is 2. The first-order valence-electron chi connectivity index (χ1n) is 4.26. The van der Waals surface area contributed by atoms with Crippen molar-refractivity contribution in [2.45, 2.75) is 31.2 Å². The highest BCUT2D eigenvalue weighted by Crippen LogP contribution is 2.33. The molecule has 1 amide bonds. The van der Waals surface area contributed by atoms with Crippen molar-refractivity contribution in [3.8, 4) is 0 Å².